The second-order valence-corrected chi connectivity index (χ2v) is 13.0. The second-order valence-electron chi connectivity index (χ2n) is 9.10. The molecule has 208 valence electrons. The number of sulfonamides is 2. The van der Waals surface area contributed by atoms with E-state index in [1.165, 1.54) is 54.1 Å². The Labute approximate surface area is 225 Å². The van der Waals surface area contributed by atoms with Crippen molar-refractivity contribution in [1.29, 1.82) is 0 Å². The quantitative estimate of drug-likeness (QED) is 0.480. The largest absolute Gasteiger partial charge is 0.497 e. The number of likely N-dealkylation sites (N-methyl/N-ethyl adjacent to an activating group) is 1. The Balaban J connectivity index is 2.04. The van der Waals surface area contributed by atoms with Gasteiger partial charge in [-0.3, -0.25) is 0 Å². The summed E-state index contributed by atoms with van der Waals surface area (Å²) in [6.07, 6.45) is -0.717. The normalized spacial score (nSPS) is 20.3. The van der Waals surface area contributed by atoms with Gasteiger partial charge in [-0.25, -0.2) is 16.8 Å². The summed E-state index contributed by atoms with van der Waals surface area (Å²) in [6, 6.07) is 9.98. The monoisotopic (exact) mass is 566 g/mol. The van der Waals surface area contributed by atoms with Gasteiger partial charge in [-0.2, -0.15) is 8.61 Å². The number of nitrogens with zero attached hydrogens (tertiary/aromatic N) is 2. The molecule has 1 heterocycles. The van der Waals surface area contributed by atoms with Crippen molar-refractivity contribution < 1.29 is 36.2 Å². The first-order chi connectivity index (χ1) is 17.9. The van der Waals surface area contributed by atoms with Crippen LogP contribution in [-0.4, -0.2) is 90.3 Å². The Morgan fingerprint density at radius 3 is 2.63 bits per heavy atom. The molecule has 3 rings (SSSR count). The van der Waals surface area contributed by atoms with Crippen molar-refractivity contribution in [2.24, 2.45) is 5.92 Å². The van der Waals surface area contributed by atoms with E-state index < -0.39 is 38.1 Å². The molecule has 1 aliphatic rings. The first-order valence-electron chi connectivity index (χ1n) is 12.0. The summed E-state index contributed by atoms with van der Waals surface area (Å²) in [5.74, 6) is 5.77. The van der Waals surface area contributed by atoms with Crippen LogP contribution < -0.4 is 9.47 Å². The number of hydrogen-bond donors (Lipinski definition) is 1. The van der Waals surface area contributed by atoms with E-state index in [1.54, 1.807) is 32.0 Å². The van der Waals surface area contributed by atoms with Gasteiger partial charge in [-0.15, -0.1) is 0 Å². The third-order valence-electron chi connectivity index (χ3n) is 6.30. The Kier molecular flexibility index (Phi) is 9.80. The second kappa shape index (κ2) is 12.5. The van der Waals surface area contributed by atoms with E-state index in [4.69, 9.17) is 14.2 Å². The minimum absolute atomic E-state index is 0.0244. The van der Waals surface area contributed by atoms with Crippen molar-refractivity contribution >= 4 is 20.0 Å². The van der Waals surface area contributed by atoms with Crippen LogP contribution in [0.1, 0.15) is 19.4 Å². The smallest absolute Gasteiger partial charge is 0.247 e. The summed E-state index contributed by atoms with van der Waals surface area (Å²) in [4.78, 5) is -0.0163. The maximum atomic E-state index is 13.6. The van der Waals surface area contributed by atoms with Gasteiger partial charge in [0.2, 0.25) is 20.0 Å². The van der Waals surface area contributed by atoms with E-state index in [0.717, 1.165) is 0 Å². The predicted octanol–water partition coefficient (Wildman–Crippen LogP) is 1.78. The molecule has 0 unspecified atom stereocenters. The van der Waals surface area contributed by atoms with Crippen LogP contribution in [-0.2, 0) is 24.8 Å². The fraction of sp³-hybridized carbons (Fsp3) is 0.462. The maximum Gasteiger partial charge on any atom is 0.247 e. The molecule has 10 nitrogen and oxygen atoms in total. The van der Waals surface area contributed by atoms with Gasteiger partial charge in [-0.05, 0) is 37.3 Å². The van der Waals surface area contributed by atoms with Crippen LogP contribution in [0.15, 0.2) is 52.3 Å². The lowest BCUT2D eigenvalue weighted by molar-refractivity contribution is 0.0904. The van der Waals surface area contributed by atoms with Gasteiger partial charge < -0.3 is 19.3 Å². The van der Waals surface area contributed by atoms with E-state index in [-0.39, 0.29) is 41.8 Å². The lowest BCUT2D eigenvalue weighted by atomic mass is 10.0. The molecular formula is C26H34N2O8S2. The van der Waals surface area contributed by atoms with Crippen LogP contribution >= 0.6 is 0 Å². The average Bonchev–Trinajstić information content (AvgIpc) is 2.90. The minimum atomic E-state index is -4.03. The van der Waals surface area contributed by atoms with Crippen molar-refractivity contribution in [1.82, 2.24) is 8.61 Å². The fourth-order valence-corrected chi connectivity index (χ4v) is 7.07. The van der Waals surface area contributed by atoms with Crippen molar-refractivity contribution in [3.05, 3.63) is 48.0 Å². The maximum absolute atomic E-state index is 13.6. The van der Waals surface area contributed by atoms with Crippen LogP contribution in [0.3, 0.4) is 0 Å². The summed E-state index contributed by atoms with van der Waals surface area (Å²) in [5, 5.41) is 9.80. The predicted molar refractivity (Wildman–Crippen MR) is 142 cm³/mol. The molecule has 0 aliphatic carbocycles. The highest BCUT2D eigenvalue weighted by molar-refractivity contribution is 7.89. The number of methoxy groups -OCH3 is 2. The molecule has 0 aromatic heterocycles. The van der Waals surface area contributed by atoms with Gasteiger partial charge in [0.1, 0.15) is 29.1 Å². The SMILES string of the molecule is COCC#Cc1ccc2c(c1)O[C@@H](CN(C)S(=O)(=O)c1cccc(OC)c1)[C@@H](C)CN([C@H](C)CO)S2(=O)=O. The van der Waals surface area contributed by atoms with E-state index in [1.807, 2.05) is 0 Å². The third kappa shape index (κ3) is 6.48. The molecule has 1 aliphatic heterocycles. The number of aliphatic hydroxyl groups excluding tert-OH is 1. The van der Waals surface area contributed by atoms with Crippen LogP contribution in [0.4, 0.5) is 0 Å². The number of benzene rings is 2. The summed E-state index contributed by atoms with van der Waals surface area (Å²) in [6.45, 7) is 3.20. The molecule has 0 fully saturated rings. The summed E-state index contributed by atoms with van der Waals surface area (Å²) >= 11 is 0. The Hall–Kier alpha value is -2.66. The van der Waals surface area contributed by atoms with Crippen LogP contribution in [0, 0.1) is 17.8 Å². The topological polar surface area (TPSA) is 123 Å². The highest BCUT2D eigenvalue weighted by Gasteiger charge is 2.39. The molecule has 0 spiro atoms. The lowest BCUT2D eigenvalue weighted by Crippen LogP contribution is -2.50. The van der Waals surface area contributed by atoms with Gasteiger partial charge in [0.15, 0.2) is 0 Å². The van der Waals surface area contributed by atoms with Crippen molar-refractivity contribution in [3.63, 3.8) is 0 Å². The zero-order chi connectivity index (χ0) is 28.1. The molecule has 0 saturated carbocycles. The van der Waals surface area contributed by atoms with Crippen LogP contribution in [0.2, 0.25) is 0 Å². The zero-order valence-electron chi connectivity index (χ0n) is 22.1. The van der Waals surface area contributed by atoms with Crippen molar-refractivity contribution in [2.45, 2.75) is 35.8 Å². The van der Waals surface area contributed by atoms with Crippen molar-refractivity contribution in [2.75, 3.05) is 47.6 Å². The highest BCUT2D eigenvalue weighted by Crippen LogP contribution is 2.34. The van der Waals surface area contributed by atoms with Gasteiger partial charge in [0.05, 0.1) is 25.2 Å². The van der Waals surface area contributed by atoms with Crippen molar-refractivity contribution in [3.8, 4) is 23.3 Å². The molecule has 1 N–H and O–H groups in total. The molecule has 38 heavy (non-hydrogen) atoms. The number of aliphatic hydroxyl groups is 1. The first-order valence-corrected chi connectivity index (χ1v) is 14.8. The van der Waals surface area contributed by atoms with E-state index in [9.17, 15) is 21.9 Å². The standard InChI is InChI=1S/C26H34N2O8S2/c1-19-16-28(20(2)18-29)38(32,33)26-12-11-21(8-7-13-34-4)14-24(26)36-25(19)17-27(3)37(30,31)23-10-6-9-22(15-23)35-5/h6,9-12,14-15,19-20,25,29H,13,16-18H2,1-5H3/t19-,20+,25-/m0/s1. The van der Waals surface area contributed by atoms with E-state index >= 15 is 0 Å². The number of rotatable bonds is 8. The van der Waals surface area contributed by atoms with Gasteiger partial charge in [0.25, 0.3) is 0 Å². The fourth-order valence-electron chi connectivity index (χ4n) is 4.02. The summed E-state index contributed by atoms with van der Waals surface area (Å²) in [5.41, 5.74) is 0.516. The molecule has 2 aromatic carbocycles. The molecule has 12 heteroatoms. The minimum Gasteiger partial charge on any atom is -0.497 e. The van der Waals surface area contributed by atoms with E-state index in [0.29, 0.717) is 11.3 Å². The molecule has 0 radical (unpaired) electrons. The number of fused-ring (bicyclic) bond motifs is 1. The Morgan fingerprint density at radius 1 is 1.24 bits per heavy atom. The molecule has 2 aromatic rings. The first kappa shape index (κ1) is 29.9. The molecule has 3 atom stereocenters. The lowest BCUT2D eigenvalue weighted by Gasteiger charge is -2.37. The molecule has 0 bridgehead atoms. The highest BCUT2D eigenvalue weighted by atomic mass is 32.2. The van der Waals surface area contributed by atoms with Crippen LogP contribution in [0.5, 0.6) is 11.5 Å². The Morgan fingerprint density at radius 2 is 1.97 bits per heavy atom. The third-order valence-corrected chi connectivity index (χ3v) is 10.1. The number of hydrogen-bond acceptors (Lipinski definition) is 8. The van der Waals surface area contributed by atoms with Crippen LogP contribution in [0.25, 0.3) is 0 Å². The molecule has 0 amide bonds. The summed E-state index contributed by atoms with van der Waals surface area (Å²) in [7, 11) is -3.52. The van der Waals surface area contributed by atoms with Gasteiger partial charge in [0, 0.05) is 44.3 Å². The number of ether oxygens (including phenoxy) is 3. The Bertz CT molecular complexity index is 1400. The average molecular weight is 567 g/mol. The zero-order valence-corrected chi connectivity index (χ0v) is 23.8. The molecule has 0 saturated heterocycles. The summed E-state index contributed by atoms with van der Waals surface area (Å²) < 4.78 is 72.7. The van der Waals surface area contributed by atoms with Gasteiger partial charge >= 0.3 is 0 Å². The van der Waals surface area contributed by atoms with E-state index in [2.05, 4.69) is 11.8 Å². The molecular weight excluding hydrogens is 532 g/mol. The van der Waals surface area contributed by atoms with Gasteiger partial charge in [-0.1, -0.05) is 24.8 Å².